The highest BCUT2D eigenvalue weighted by Crippen LogP contribution is 2.42. The minimum absolute atomic E-state index is 0.901. The third kappa shape index (κ3) is 7.16. The van der Waals surface area contributed by atoms with Crippen molar-refractivity contribution in [2.24, 2.45) is 0 Å². The largest absolute Gasteiger partial charge is 0.455 e. The van der Waals surface area contributed by atoms with E-state index in [2.05, 4.69) is 264 Å². The van der Waals surface area contributed by atoms with E-state index in [4.69, 9.17) is 4.42 Å². The molecule has 0 atom stereocenters. The molecule has 0 saturated heterocycles. The summed E-state index contributed by atoms with van der Waals surface area (Å²) in [6.07, 6.45) is 0. The fraction of sp³-hybridized carbons (Fsp3) is 0. The lowest BCUT2D eigenvalue weighted by molar-refractivity contribution is 0.670. The number of benzene rings is 11. The Morgan fingerprint density at radius 3 is 1.33 bits per heavy atom. The second-order valence-electron chi connectivity index (χ2n) is 17.7. The molecule has 3 nitrogen and oxygen atoms in total. The molecule has 0 fully saturated rings. The van der Waals surface area contributed by atoms with E-state index in [0.717, 1.165) is 66.9 Å². The number of furan rings is 1. The number of rotatable bonds is 9. The predicted molar refractivity (Wildman–Crippen MR) is 290 cm³/mol. The van der Waals surface area contributed by atoms with Crippen molar-refractivity contribution in [3.05, 3.63) is 267 Å². The zero-order valence-corrected chi connectivity index (χ0v) is 37.7. The normalized spacial score (nSPS) is 11.5. The van der Waals surface area contributed by atoms with Crippen LogP contribution in [0.15, 0.2) is 271 Å². The van der Waals surface area contributed by atoms with Gasteiger partial charge < -0.3 is 13.9 Å². The molecule has 0 spiro atoms. The molecule has 0 unspecified atom stereocenters. The Hall–Kier alpha value is -9.18. The van der Waals surface area contributed by atoms with Gasteiger partial charge in [-0.15, -0.1) is 0 Å². The van der Waals surface area contributed by atoms with Crippen molar-refractivity contribution in [2.45, 2.75) is 0 Å². The molecule has 13 rings (SSSR count). The maximum absolute atomic E-state index is 6.45. The summed E-state index contributed by atoms with van der Waals surface area (Å²) in [5.41, 5.74) is 20.2. The van der Waals surface area contributed by atoms with E-state index < -0.39 is 0 Å². The Morgan fingerprint density at radius 2 is 0.696 bits per heavy atom. The van der Waals surface area contributed by atoms with Crippen molar-refractivity contribution in [1.29, 1.82) is 0 Å². The van der Waals surface area contributed by atoms with Crippen molar-refractivity contribution in [1.82, 2.24) is 4.57 Å². The summed E-state index contributed by atoms with van der Waals surface area (Å²) in [5.74, 6) is 0. The zero-order valence-electron chi connectivity index (χ0n) is 37.7. The number of hydrogen-bond donors (Lipinski definition) is 0. The van der Waals surface area contributed by atoms with E-state index in [-0.39, 0.29) is 0 Å². The van der Waals surface area contributed by atoms with Crippen LogP contribution in [0.5, 0.6) is 0 Å². The van der Waals surface area contributed by atoms with Gasteiger partial charge >= 0.3 is 0 Å². The highest BCUT2D eigenvalue weighted by molar-refractivity contribution is 6.11. The molecule has 0 bridgehead atoms. The monoisotopic (exact) mass is 880 g/mol. The summed E-state index contributed by atoms with van der Waals surface area (Å²) in [5, 5.41) is 4.77. The van der Waals surface area contributed by atoms with Crippen LogP contribution in [0.1, 0.15) is 0 Å². The number of anilines is 3. The van der Waals surface area contributed by atoms with Gasteiger partial charge in [-0.05, 0) is 111 Å². The van der Waals surface area contributed by atoms with Gasteiger partial charge in [-0.25, -0.2) is 0 Å². The molecule has 0 aliphatic heterocycles. The van der Waals surface area contributed by atoms with Crippen LogP contribution in [-0.2, 0) is 0 Å². The van der Waals surface area contributed by atoms with Gasteiger partial charge in [-0.1, -0.05) is 200 Å². The summed E-state index contributed by atoms with van der Waals surface area (Å²) >= 11 is 0. The number of aromatic nitrogens is 1. The summed E-state index contributed by atoms with van der Waals surface area (Å²) < 4.78 is 8.87. The van der Waals surface area contributed by atoms with Gasteiger partial charge in [0.25, 0.3) is 0 Å². The van der Waals surface area contributed by atoms with Crippen molar-refractivity contribution >= 4 is 60.8 Å². The second kappa shape index (κ2) is 16.9. The molecule has 0 saturated carbocycles. The molecule has 0 amide bonds. The van der Waals surface area contributed by atoms with Crippen LogP contribution in [0.25, 0.3) is 105 Å². The zero-order chi connectivity index (χ0) is 45.7. The van der Waals surface area contributed by atoms with Gasteiger partial charge in [0.1, 0.15) is 11.2 Å². The molecule has 0 aliphatic carbocycles. The lowest BCUT2D eigenvalue weighted by atomic mass is 9.97. The Bertz CT molecular complexity index is 3920. The standard InChI is InChI=1S/C66H44N2O/c1-2-14-45(15-3-1)46-28-30-47(31-29-46)48-32-38-53(39-33-48)67(55-42-36-50(37-43-55)57-22-13-23-61-60-21-7-11-27-65(60)69-66(57)61)54-40-34-49(35-41-54)51-16-12-17-52(44-51)56-18-4-8-24-62(56)68-63-25-9-5-19-58(63)59-20-6-10-26-64(59)68/h1-44H. The Labute approximate surface area is 401 Å². The van der Waals surface area contributed by atoms with Crippen LogP contribution in [0.2, 0.25) is 0 Å². The summed E-state index contributed by atoms with van der Waals surface area (Å²) in [6.45, 7) is 0. The topological polar surface area (TPSA) is 21.3 Å². The number of nitrogens with zero attached hydrogens (tertiary/aromatic N) is 2. The Morgan fingerprint density at radius 1 is 0.275 bits per heavy atom. The highest BCUT2D eigenvalue weighted by atomic mass is 16.3. The van der Waals surface area contributed by atoms with Crippen LogP contribution < -0.4 is 4.90 Å². The van der Waals surface area contributed by atoms with Gasteiger partial charge in [0, 0.05) is 49.7 Å². The van der Waals surface area contributed by atoms with E-state index in [9.17, 15) is 0 Å². The molecule has 2 aromatic heterocycles. The van der Waals surface area contributed by atoms with Crippen molar-refractivity contribution in [2.75, 3.05) is 4.90 Å². The maximum atomic E-state index is 6.45. The third-order valence-corrected chi connectivity index (χ3v) is 13.6. The van der Waals surface area contributed by atoms with Crippen LogP contribution in [-0.4, -0.2) is 4.57 Å². The first-order valence-corrected chi connectivity index (χ1v) is 23.6. The molecule has 13 aromatic rings. The van der Waals surface area contributed by atoms with Gasteiger partial charge in [0.2, 0.25) is 0 Å². The number of para-hydroxylation sites is 5. The van der Waals surface area contributed by atoms with Crippen molar-refractivity contribution in [3.63, 3.8) is 0 Å². The SMILES string of the molecule is c1ccc(-c2ccc(-c3ccc(N(c4ccc(-c5cccc(-c6ccccc6-n6c7ccccc7c7ccccc76)c5)cc4)c4ccc(-c5cccc6c5oc5ccccc56)cc4)cc3)cc2)cc1. The Balaban J connectivity index is 0.858. The molecular formula is C66H44N2O. The fourth-order valence-corrected chi connectivity index (χ4v) is 10.3. The van der Waals surface area contributed by atoms with E-state index in [0.29, 0.717) is 0 Å². The third-order valence-electron chi connectivity index (χ3n) is 13.6. The van der Waals surface area contributed by atoms with E-state index >= 15 is 0 Å². The summed E-state index contributed by atoms with van der Waals surface area (Å²) in [4.78, 5) is 2.34. The van der Waals surface area contributed by atoms with Crippen LogP contribution in [0, 0.1) is 0 Å². The average molecular weight is 881 g/mol. The molecule has 2 heterocycles. The minimum atomic E-state index is 0.901. The van der Waals surface area contributed by atoms with Crippen LogP contribution >= 0.6 is 0 Å². The highest BCUT2D eigenvalue weighted by Gasteiger charge is 2.18. The second-order valence-corrected chi connectivity index (χ2v) is 17.7. The number of fused-ring (bicyclic) bond motifs is 6. The minimum Gasteiger partial charge on any atom is -0.455 e. The molecule has 0 aliphatic rings. The summed E-state index contributed by atoms with van der Waals surface area (Å²) in [6, 6.07) is 96.0. The number of hydrogen-bond acceptors (Lipinski definition) is 2. The van der Waals surface area contributed by atoms with Crippen LogP contribution in [0.4, 0.5) is 17.1 Å². The Kier molecular flexibility index (Phi) is 9.84. The molecule has 0 radical (unpaired) electrons. The first kappa shape index (κ1) is 40.1. The molecule has 0 N–H and O–H groups in total. The quantitative estimate of drug-likeness (QED) is 0.144. The van der Waals surface area contributed by atoms with Gasteiger partial charge in [-0.2, -0.15) is 0 Å². The van der Waals surface area contributed by atoms with Gasteiger partial charge in [-0.3, -0.25) is 0 Å². The molecule has 11 aromatic carbocycles. The van der Waals surface area contributed by atoms with Crippen molar-refractivity contribution < 1.29 is 4.42 Å². The average Bonchev–Trinajstić information content (AvgIpc) is 3.98. The lowest BCUT2D eigenvalue weighted by Gasteiger charge is -2.26. The van der Waals surface area contributed by atoms with E-state index in [1.165, 1.54) is 55.2 Å². The smallest absolute Gasteiger partial charge is 0.143 e. The fourth-order valence-electron chi connectivity index (χ4n) is 10.3. The van der Waals surface area contributed by atoms with Gasteiger partial charge in [0.05, 0.1) is 16.7 Å². The summed E-state index contributed by atoms with van der Waals surface area (Å²) in [7, 11) is 0. The molecule has 324 valence electrons. The maximum Gasteiger partial charge on any atom is 0.143 e. The first-order chi connectivity index (χ1) is 34.2. The van der Waals surface area contributed by atoms with Gasteiger partial charge in [0.15, 0.2) is 0 Å². The van der Waals surface area contributed by atoms with Crippen LogP contribution in [0.3, 0.4) is 0 Å². The van der Waals surface area contributed by atoms with E-state index in [1.54, 1.807) is 0 Å². The lowest BCUT2D eigenvalue weighted by Crippen LogP contribution is -2.09. The predicted octanol–water partition coefficient (Wildman–Crippen LogP) is 18.5. The van der Waals surface area contributed by atoms with E-state index in [1.807, 2.05) is 12.1 Å². The molecular weight excluding hydrogens is 837 g/mol. The first-order valence-electron chi connectivity index (χ1n) is 23.6. The molecule has 3 heteroatoms. The molecule has 69 heavy (non-hydrogen) atoms. The van der Waals surface area contributed by atoms with Crippen molar-refractivity contribution in [3.8, 4) is 61.3 Å².